The largest absolute Gasteiger partial charge is 0.396 e. The maximum absolute atomic E-state index is 12.1. The van der Waals surface area contributed by atoms with E-state index < -0.39 is 11.7 Å². The second kappa shape index (κ2) is 7.45. The van der Waals surface area contributed by atoms with Crippen LogP contribution in [0.3, 0.4) is 0 Å². The molecule has 0 bridgehead atoms. The zero-order chi connectivity index (χ0) is 18.8. The number of halogens is 2. The molecule has 0 aliphatic rings. The number of aryl methyl sites for hydroxylation is 1. The fraction of sp³-hybridized carbons (Fsp3) is 0.250. The fourth-order valence-electron chi connectivity index (χ4n) is 2.32. The highest BCUT2D eigenvalue weighted by atomic mass is 35.5. The lowest BCUT2D eigenvalue weighted by molar-refractivity contribution is 0.174. The van der Waals surface area contributed by atoms with Gasteiger partial charge in [-0.25, -0.2) is 4.68 Å². The average molecular weight is 396 g/mol. The molecule has 8 nitrogen and oxygen atoms in total. The average Bonchev–Trinajstić information content (AvgIpc) is 3.05. The Morgan fingerprint density at radius 3 is 2.69 bits per heavy atom. The smallest absolute Gasteiger partial charge is 0.288 e. The minimum absolute atomic E-state index is 0.0519. The van der Waals surface area contributed by atoms with Crippen LogP contribution >= 0.6 is 23.2 Å². The number of benzene rings is 1. The third-order valence-corrected chi connectivity index (χ3v) is 4.36. The van der Waals surface area contributed by atoms with E-state index in [1.54, 1.807) is 31.2 Å². The molecule has 0 radical (unpaired) electrons. The Morgan fingerprint density at radius 1 is 1.31 bits per heavy atom. The maximum Gasteiger partial charge on any atom is 0.288 e. The van der Waals surface area contributed by atoms with Crippen LogP contribution in [0.4, 0.5) is 5.69 Å². The molecule has 0 spiro atoms. The Hall–Kier alpha value is -2.42. The van der Waals surface area contributed by atoms with Crippen LogP contribution in [0.1, 0.15) is 29.1 Å². The van der Waals surface area contributed by atoms with Gasteiger partial charge in [0.2, 0.25) is 5.89 Å². The molecule has 0 saturated carbocycles. The molecule has 3 rings (SSSR count). The number of hydrogen-bond donors (Lipinski definition) is 2. The maximum atomic E-state index is 12.1. The minimum atomic E-state index is -0.813. The summed E-state index contributed by atoms with van der Waals surface area (Å²) in [5.41, 5.74) is 6.38. The number of anilines is 1. The van der Waals surface area contributed by atoms with Crippen molar-refractivity contribution in [1.29, 1.82) is 0 Å². The molecule has 3 aromatic rings. The topological polar surface area (TPSA) is 120 Å². The molecule has 2 aromatic heterocycles. The number of nitrogen functional groups attached to an aromatic ring is 1. The van der Waals surface area contributed by atoms with Gasteiger partial charge in [-0.2, -0.15) is 10.1 Å². The zero-order valence-corrected chi connectivity index (χ0v) is 15.2. The molecular formula is C16H15Cl2N5O3. The van der Waals surface area contributed by atoms with Crippen LogP contribution in [0.25, 0.3) is 0 Å². The number of rotatable bonds is 5. The van der Waals surface area contributed by atoms with Gasteiger partial charge in [0.05, 0.1) is 17.5 Å². The summed E-state index contributed by atoms with van der Waals surface area (Å²) in [7, 11) is 0. The first kappa shape index (κ1) is 18.4. The number of aliphatic hydroxyl groups excluding tert-OH is 1. The second-order valence-electron chi connectivity index (χ2n) is 5.65. The molecule has 10 heteroatoms. The molecule has 0 aliphatic heterocycles. The predicted molar refractivity (Wildman–Crippen MR) is 96.2 cm³/mol. The van der Waals surface area contributed by atoms with Crippen molar-refractivity contribution >= 4 is 28.9 Å². The monoisotopic (exact) mass is 395 g/mol. The van der Waals surface area contributed by atoms with Crippen molar-refractivity contribution in [3.8, 4) is 0 Å². The van der Waals surface area contributed by atoms with Crippen molar-refractivity contribution in [2.45, 2.75) is 26.0 Å². The van der Waals surface area contributed by atoms with Crippen LogP contribution in [0.15, 0.2) is 33.6 Å². The predicted octanol–water partition coefficient (Wildman–Crippen LogP) is 2.15. The number of hydrogen-bond acceptors (Lipinski definition) is 7. The molecule has 1 atom stereocenters. The van der Waals surface area contributed by atoms with Gasteiger partial charge in [0, 0.05) is 11.4 Å². The molecule has 2 heterocycles. The molecular weight excluding hydrogens is 381 g/mol. The van der Waals surface area contributed by atoms with E-state index in [1.807, 2.05) is 0 Å². The quantitative estimate of drug-likeness (QED) is 0.678. The van der Waals surface area contributed by atoms with Gasteiger partial charge in [0.1, 0.15) is 11.6 Å². The van der Waals surface area contributed by atoms with Crippen molar-refractivity contribution in [3.05, 3.63) is 67.6 Å². The summed E-state index contributed by atoms with van der Waals surface area (Å²) in [5, 5.41) is 18.6. The molecule has 26 heavy (non-hydrogen) atoms. The highest BCUT2D eigenvalue weighted by Gasteiger charge is 2.16. The first-order valence-corrected chi connectivity index (χ1v) is 8.38. The van der Waals surface area contributed by atoms with Crippen LogP contribution < -0.4 is 11.3 Å². The van der Waals surface area contributed by atoms with Gasteiger partial charge in [0.15, 0.2) is 5.82 Å². The molecule has 0 aliphatic carbocycles. The lowest BCUT2D eigenvalue weighted by atomic mass is 10.1. The molecule has 0 amide bonds. The van der Waals surface area contributed by atoms with E-state index in [0.717, 1.165) is 4.68 Å². The molecule has 0 unspecified atom stereocenters. The Balaban J connectivity index is 1.74. The normalized spacial score (nSPS) is 12.3. The molecule has 0 saturated heterocycles. The van der Waals surface area contributed by atoms with E-state index in [1.165, 1.54) is 0 Å². The molecule has 136 valence electrons. The van der Waals surface area contributed by atoms with Gasteiger partial charge in [0.25, 0.3) is 5.56 Å². The third-order valence-electron chi connectivity index (χ3n) is 3.75. The highest BCUT2D eigenvalue weighted by Crippen LogP contribution is 2.20. The van der Waals surface area contributed by atoms with Gasteiger partial charge in [-0.1, -0.05) is 40.5 Å². The lowest BCUT2D eigenvalue weighted by Crippen LogP contribution is -2.26. The van der Waals surface area contributed by atoms with E-state index >= 15 is 0 Å². The first-order chi connectivity index (χ1) is 12.3. The number of nitrogens with two attached hydrogens (primary N) is 1. The standard InChI is InChI=1S/C16H15Cl2N5O3/c1-8-15(19)14(18)16(25)23(21-8)7-13-20-12(22-26-13)6-11(24)9-2-4-10(17)5-3-9/h2-5,11,24H,6-7,19H2,1H3/t11-/m0/s1. The van der Waals surface area contributed by atoms with Crippen molar-refractivity contribution in [1.82, 2.24) is 19.9 Å². The van der Waals surface area contributed by atoms with Crippen molar-refractivity contribution in [2.75, 3.05) is 5.73 Å². The third kappa shape index (κ3) is 3.87. The van der Waals surface area contributed by atoms with Crippen LogP contribution in [0.5, 0.6) is 0 Å². The van der Waals surface area contributed by atoms with Gasteiger partial charge in [-0.3, -0.25) is 4.79 Å². The van der Waals surface area contributed by atoms with Crippen molar-refractivity contribution < 1.29 is 9.63 Å². The summed E-state index contributed by atoms with van der Waals surface area (Å²) in [6, 6.07) is 6.81. The minimum Gasteiger partial charge on any atom is -0.396 e. The van der Waals surface area contributed by atoms with E-state index in [0.29, 0.717) is 22.1 Å². The number of aromatic nitrogens is 4. The Bertz CT molecular complexity index is 985. The van der Waals surface area contributed by atoms with Crippen LogP contribution in [-0.4, -0.2) is 25.0 Å². The van der Waals surface area contributed by atoms with Gasteiger partial charge in [-0.15, -0.1) is 0 Å². The van der Waals surface area contributed by atoms with Gasteiger partial charge >= 0.3 is 0 Å². The van der Waals surface area contributed by atoms with Crippen LogP contribution in [0, 0.1) is 6.92 Å². The van der Waals surface area contributed by atoms with Gasteiger partial charge < -0.3 is 15.4 Å². The summed E-state index contributed by atoms with van der Waals surface area (Å²) in [5.74, 6) is 0.465. The fourth-order valence-corrected chi connectivity index (χ4v) is 2.68. The van der Waals surface area contributed by atoms with Crippen LogP contribution in [-0.2, 0) is 13.0 Å². The van der Waals surface area contributed by atoms with Crippen molar-refractivity contribution in [2.24, 2.45) is 0 Å². The van der Waals surface area contributed by atoms with E-state index in [-0.39, 0.29) is 29.6 Å². The first-order valence-electron chi connectivity index (χ1n) is 7.63. The Labute approximate surface area is 158 Å². The molecule has 0 fully saturated rings. The number of nitrogens with zero attached hydrogens (tertiary/aromatic N) is 4. The van der Waals surface area contributed by atoms with E-state index in [2.05, 4.69) is 15.2 Å². The summed E-state index contributed by atoms with van der Waals surface area (Å²) in [6.07, 6.45) is -0.665. The lowest BCUT2D eigenvalue weighted by Gasteiger charge is -2.08. The van der Waals surface area contributed by atoms with Crippen LogP contribution in [0.2, 0.25) is 10.0 Å². The number of aliphatic hydroxyl groups is 1. The zero-order valence-electron chi connectivity index (χ0n) is 13.7. The van der Waals surface area contributed by atoms with Gasteiger partial charge in [-0.05, 0) is 24.6 Å². The summed E-state index contributed by atoms with van der Waals surface area (Å²) in [4.78, 5) is 16.3. The van der Waals surface area contributed by atoms with E-state index in [4.69, 9.17) is 33.5 Å². The Morgan fingerprint density at radius 2 is 2.00 bits per heavy atom. The Kier molecular flexibility index (Phi) is 5.26. The summed E-state index contributed by atoms with van der Waals surface area (Å²) >= 11 is 11.7. The SMILES string of the molecule is Cc1nn(Cc2nc(C[C@H](O)c3ccc(Cl)cc3)no2)c(=O)c(Cl)c1N. The highest BCUT2D eigenvalue weighted by molar-refractivity contribution is 6.32. The summed E-state index contributed by atoms with van der Waals surface area (Å²) in [6.45, 7) is 1.59. The molecule has 3 N–H and O–H groups in total. The second-order valence-corrected chi connectivity index (χ2v) is 6.47. The molecule has 1 aromatic carbocycles. The van der Waals surface area contributed by atoms with Crippen molar-refractivity contribution in [3.63, 3.8) is 0 Å². The van der Waals surface area contributed by atoms with E-state index in [9.17, 15) is 9.90 Å². The summed E-state index contributed by atoms with van der Waals surface area (Å²) < 4.78 is 6.22.